The van der Waals surface area contributed by atoms with Crippen LogP contribution in [0.15, 0.2) is 29.2 Å². The number of halogens is 1. The van der Waals surface area contributed by atoms with E-state index in [-0.39, 0.29) is 17.3 Å². The van der Waals surface area contributed by atoms with E-state index in [1.807, 2.05) is 0 Å². The minimum absolute atomic E-state index is 0.122. The molecule has 0 aliphatic rings. The van der Waals surface area contributed by atoms with Gasteiger partial charge in [-0.05, 0) is 36.6 Å². The third kappa shape index (κ3) is 6.42. The van der Waals surface area contributed by atoms with Gasteiger partial charge in [0.25, 0.3) is 0 Å². The van der Waals surface area contributed by atoms with Gasteiger partial charge in [0, 0.05) is 18.6 Å². The molecule has 24 heavy (non-hydrogen) atoms. The topological polar surface area (TPSA) is 66.5 Å². The van der Waals surface area contributed by atoms with Crippen LogP contribution in [0.1, 0.15) is 39.5 Å². The lowest BCUT2D eigenvalue weighted by atomic mass is 9.99. The van der Waals surface area contributed by atoms with Gasteiger partial charge in [0.1, 0.15) is 0 Å². The molecule has 0 saturated heterocycles. The van der Waals surface area contributed by atoms with Gasteiger partial charge in [0.05, 0.1) is 11.4 Å². The minimum Gasteiger partial charge on any atom is -0.355 e. The van der Waals surface area contributed by atoms with Crippen molar-refractivity contribution in [2.24, 2.45) is 5.92 Å². The molecule has 1 rings (SSSR count). The number of carbonyl (C=O) groups is 1. The average molecular weight is 375 g/mol. The normalized spacial score (nSPS) is 13.0. The summed E-state index contributed by atoms with van der Waals surface area (Å²) < 4.78 is 25.9. The lowest BCUT2D eigenvalue weighted by Crippen LogP contribution is -2.39. The van der Waals surface area contributed by atoms with E-state index in [2.05, 4.69) is 19.2 Å². The Hall–Kier alpha value is -1.11. The van der Waals surface area contributed by atoms with Crippen molar-refractivity contribution in [2.45, 2.75) is 44.4 Å². The summed E-state index contributed by atoms with van der Waals surface area (Å²) in [5.41, 5.74) is 0. The highest BCUT2D eigenvalue weighted by molar-refractivity contribution is 7.89. The zero-order valence-electron chi connectivity index (χ0n) is 14.6. The quantitative estimate of drug-likeness (QED) is 0.683. The van der Waals surface area contributed by atoms with Crippen LogP contribution in [0.5, 0.6) is 0 Å². The fraction of sp³-hybridized carbons (Fsp3) is 0.588. The molecule has 1 aromatic carbocycles. The summed E-state index contributed by atoms with van der Waals surface area (Å²) in [6, 6.07) is 5.90. The van der Waals surface area contributed by atoms with Crippen LogP contribution in [0.3, 0.4) is 0 Å². The summed E-state index contributed by atoms with van der Waals surface area (Å²) in [6.07, 6.45) is 4.34. The Morgan fingerprint density at radius 3 is 2.42 bits per heavy atom. The van der Waals surface area contributed by atoms with E-state index in [1.54, 1.807) is 0 Å². The highest BCUT2D eigenvalue weighted by Crippen LogP contribution is 2.17. The third-order valence-corrected chi connectivity index (χ3v) is 6.09. The van der Waals surface area contributed by atoms with E-state index in [0.717, 1.165) is 30.0 Å². The zero-order valence-corrected chi connectivity index (χ0v) is 16.2. The molecule has 1 amide bonds. The van der Waals surface area contributed by atoms with E-state index >= 15 is 0 Å². The van der Waals surface area contributed by atoms with E-state index in [9.17, 15) is 13.2 Å². The second kappa shape index (κ2) is 10.0. The van der Waals surface area contributed by atoms with Crippen molar-refractivity contribution in [1.82, 2.24) is 9.62 Å². The molecule has 136 valence electrons. The summed E-state index contributed by atoms with van der Waals surface area (Å²) in [5.74, 6) is 0.150. The van der Waals surface area contributed by atoms with Gasteiger partial charge in [-0.1, -0.05) is 44.7 Å². The number of likely N-dealkylation sites (N-methyl/N-ethyl adjacent to an activating group) is 1. The van der Waals surface area contributed by atoms with E-state index in [1.165, 1.54) is 31.3 Å². The number of benzene rings is 1. The molecule has 0 fully saturated rings. The Labute approximate surface area is 150 Å². The van der Waals surface area contributed by atoms with Crippen molar-refractivity contribution in [3.63, 3.8) is 0 Å². The van der Waals surface area contributed by atoms with Crippen LogP contribution in [0, 0.1) is 5.92 Å². The van der Waals surface area contributed by atoms with Crippen molar-refractivity contribution < 1.29 is 13.2 Å². The first-order valence-electron chi connectivity index (χ1n) is 8.29. The van der Waals surface area contributed by atoms with Crippen molar-refractivity contribution in [2.75, 3.05) is 20.1 Å². The molecule has 1 N–H and O–H groups in total. The highest BCUT2D eigenvalue weighted by Gasteiger charge is 2.23. The number of nitrogens with one attached hydrogen (secondary N) is 1. The first kappa shape index (κ1) is 20.9. The second-order valence-electron chi connectivity index (χ2n) is 5.94. The third-order valence-electron chi connectivity index (χ3n) is 4.02. The summed E-state index contributed by atoms with van der Waals surface area (Å²) in [6.45, 7) is 4.63. The number of rotatable bonds is 10. The van der Waals surface area contributed by atoms with Crippen molar-refractivity contribution in [3.05, 3.63) is 29.3 Å². The van der Waals surface area contributed by atoms with Crippen LogP contribution in [0.2, 0.25) is 5.02 Å². The standard InChI is InChI=1S/C17H27ClN2O3S/c1-4-6-7-14(5-2)12-19-17(21)13-20(3)24(22,23)16-10-8-15(18)9-11-16/h8-11,14H,4-7,12-13H2,1-3H3,(H,19,21). The molecule has 0 spiro atoms. The molecular formula is C17H27ClN2O3S. The number of nitrogens with zero attached hydrogens (tertiary/aromatic N) is 1. The van der Waals surface area contributed by atoms with Gasteiger partial charge in [-0.2, -0.15) is 4.31 Å². The molecule has 0 aliphatic heterocycles. The van der Waals surface area contributed by atoms with Crippen LogP contribution in [0.25, 0.3) is 0 Å². The molecule has 0 radical (unpaired) electrons. The fourth-order valence-electron chi connectivity index (χ4n) is 2.33. The number of amides is 1. The number of carbonyl (C=O) groups excluding carboxylic acids is 1. The van der Waals surface area contributed by atoms with Gasteiger partial charge in [-0.3, -0.25) is 4.79 Å². The Balaban J connectivity index is 2.58. The van der Waals surface area contributed by atoms with Gasteiger partial charge < -0.3 is 5.32 Å². The van der Waals surface area contributed by atoms with Gasteiger partial charge in [-0.15, -0.1) is 0 Å². The number of hydrogen-bond donors (Lipinski definition) is 1. The molecule has 0 aliphatic carbocycles. The van der Waals surface area contributed by atoms with E-state index in [4.69, 9.17) is 11.6 Å². The van der Waals surface area contributed by atoms with Crippen LogP contribution in [-0.4, -0.2) is 38.8 Å². The molecule has 0 bridgehead atoms. The van der Waals surface area contributed by atoms with Crippen molar-refractivity contribution >= 4 is 27.5 Å². The monoisotopic (exact) mass is 374 g/mol. The predicted octanol–water partition coefficient (Wildman–Crippen LogP) is 3.29. The van der Waals surface area contributed by atoms with Gasteiger partial charge in [0.2, 0.25) is 15.9 Å². The first-order chi connectivity index (χ1) is 11.3. The minimum atomic E-state index is -3.70. The molecule has 1 aromatic rings. The van der Waals surface area contributed by atoms with E-state index in [0.29, 0.717) is 17.5 Å². The number of sulfonamides is 1. The summed E-state index contributed by atoms with van der Waals surface area (Å²) in [7, 11) is -2.29. The average Bonchev–Trinajstić information content (AvgIpc) is 2.55. The van der Waals surface area contributed by atoms with Gasteiger partial charge >= 0.3 is 0 Å². The van der Waals surface area contributed by atoms with Crippen molar-refractivity contribution in [1.29, 1.82) is 0 Å². The van der Waals surface area contributed by atoms with Crippen LogP contribution < -0.4 is 5.32 Å². The van der Waals surface area contributed by atoms with Crippen LogP contribution in [-0.2, 0) is 14.8 Å². The Morgan fingerprint density at radius 1 is 1.25 bits per heavy atom. The van der Waals surface area contributed by atoms with E-state index < -0.39 is 10.0 Å². The molecule has 5 nitrogen and oxygen atoms in total. The first-order valence-corrected chi connectivity index (χ1v) is 10.1. The van der Waals surface area contributed by atoms with Crippen LogP contribution in [0.4, 0.5) is 0 Å². The maximum atomic E-state index is 12.4. The molecule has 0 heterocycles. The number of unbranched alkanes of at least 4 members (excludes halogenated alkanes) is 1. The molecule has 0 saturated carbocycles. The van der Waals surface area contributed by atoms with Crippen LogP contribution >= 0.6 is 11.6 Å². The lowest BCUT2D eigenvalue weighted by Gasteiger charge is -2.19. The smallest absolute Gasteiger partial charge is 0.243 e. The van der Waals surface area contributed by atoms with Crippen molar-refractivity contribution in [3.8, 4) is 0 Å². The molecular weight excluding hydrogens is 348 g/mol. The van der Waals surface area contributed by atoms with Gasteiger partial charge in [-0.25, -0.2) is 8.42 Å². The largest absolute Gasteiger partial charge is 0.355 e. The Morgan fingerprint density at radius 2 is 1.88 bits per heavy atom. The summed E-state index contributed by atoms with van der Waals surface area (Å²) in [4.78, 5) is 12.2. The molecule has 0 aromatic heterocycles. The summed E-state index contributed by atoms with van der Waals surface area (Å²) >= 11 is 5.77. The fourth-order valence-corrected chi connectivity index (χ4v) is 3.58. The molecule has 1 atom stereocenters. The van der Waals surface area contributed by atoms with Gasteiger partial charge in [0.15, 0.2) is 0 Å². The zero-order chi connectivity index (χ0) is 18.2. The summed E-state index contributed by atoms with van der Waals surface area (Å²) in [5, 5.41) is 3.30. The lowest BCUT2D eigenvalue weighted by molar-refractivity contribution is -0.121. The second-order valence-corrected chi connectivity index (χ2v) is 8.42. The molecule has 1 unspecified atom stereocenters. The maximum absolute atomic E-state index is 12.4. The SMILES string of the molecule is CCCCC(CC)CNC(=O)CN(C)S(=O)(=O)c1ccc(Cl)cc1. The maximum Gasteiger partial charge on any atom is 0.243 e. The Bertz CT molecular complexity index is 617. The number of hydrogen-bond acceptors (Lipinski definition) is 3. The predicted molar refractivity (Wildman–Crippen MR) is 97.6 cm³/mol. The Kier molecular flexibility index (Phi) is 8.73. The molecule has 7 heteroatoms. The highest BCUT2D eigenvalue weighted by atomic mass is 35.5.